The van der Waals surface area contributed by atoms with E-state index in [4.69, 9.17) is 4.74 Å². The van der Waals surface area contributed by atoms with E-state index in [0.717, 1.165) is 19.3 Å². The number of nitrogens with zero attached hydrogens (tertiary/aromatic N) is 1. The van der Waals surface area contributed by atoms with Gasteiger partial charge in [-0.15, -0.1) is 0 Å². The van der Waals surface area contributed by atoms with E-state index >= 15 is 0 Å². The third-order valence-corrected chi connectivity index (χ3v) is 3.01. The highest BCUT2D eigenvalue weighted by Crippen LogP contribution is 2.29. The Morgan fingerprint density at radius 3 is 2.69 bits per heavy atom. The molecule has 1 rings (SSSR count). The molecule has 0 bridgehead atoms. The van der Waals surface area contributed by atoms with Crippen LogP contribution in [-0.4, -0.2) is 24.2 Å². The summed E-state index contributed by atoms with van der Waals surface area (Å²) in [7, 11) is 1.56. The fourth-order valence-corrected chi connectivity index (χ4v) is 2.07. The molecule has 0 heterocycles. The summed E-state index contributed by atoms with van der Waals surface area (Å²) in [5, 5.41) is 10.7. The Balaban J connectivity index is 2.57. The van der Waals surface area contributed by atoms with Crippen LogP contribution < -0.4 is 0 Å². The highest BCUT2D eigenvalue weighted by Gasteiger charge is 2.37. The molecule has 76 valence electrons. The van der Waals surface area contributed by atoms with Crippen molar-refractivity contribution >= 4 is 0 Å². The Labute approximate surface area is 78.4 Å². The summed E-state index contributed by atoms with van der Waals surface area (Å²) < 4.78 is 5.12. The molecule has 0 aromatic heterocycles. The maximum Gasteiger partial charge on any atom is 0.239 e. The summed E-state index contributed by atoms with van der Waals surface area (Å²) in [4.78, 5) is 10.5. The number of ether oxygens (including phenoxy) is 1. The van der Waals surface area contributed by atoms with Crippen molar-refractivity contribution in [3.8, 4) is 0 Å². The lowest BCUT2D eigenvalue weighted by atomic mass is 9.82. The first kappa shape index (κ1) is 10.4. The van der Waals surface area contributed by atoms with Crippen LogP contribution in [0.3, 0.4) is 0 Å². The fraction of sp³-hybridized carbons (Fsp3) is 1.00. The summed E-state index contributed by atoms with van der Waals surface area (Å²) in [6.07, 6.45) is 3.46. The maximum absolute atomic E-state index is 10.7. The van der Waals surface area contributed by atoms with E-state index in [2.05, 4.69) is 6.92 Å². The Kier molecular flexibility index (Phi) is 3.66. The lowest BCUT2D eigenvalue weighted by Gasteiger charge is -2.29. The molecule has 1 aliphatic carbocycles. The van der Waals surface area contributed by atoms with Gasteiger partial charge in [0.05, 0.1) is 0 Å². The van der Waals surface area contributed by atoms with E-state index in [0.29, 0.717) is 12.3 Å². The lowest BCUT2D eigenvalue weighted by molar-refractivity contribution is -0.540. The Bertz CT molecular complexity index is 184. The summed E-state index contributed by atoms with van der Waals surface area (Å²) in [5.74, 6) is 0.516. The molecule has 0 aromatic rings. The average molecular weight is 187 g/mol. The molecule has 0 amide bonds. The van der Waals surface area contributed by atoms with Crippen molar-refractivity contribution in [2.75, 3.05) is 7.11 Å². The second-order valence-corrected chi connectivity index (χ2v) is 3.71. The topological polar surface area (TPSA) is 52.4 Å². The van der Waals surface area contributed by atoms with Gasteiger partial charge in [0.25, 0.3) is 0 Å². The molecule has 0 N–H and O–H groups in total. The molecule has 0 saturated heterocycles. The second kappa shape index (κ2) is 4.56. The van der Waals surface area contributed by atoms with Gasteiger partial charge in [-0.25, -0.2) is 0 Å². The van der Waals surface area contributed by atoms with E-state index in [1.54, 1.807) is 7.11 Å². The first-order chi connectivity index (χ1) is 6.19. The van der Waals surface area contributed by atoms with Gasteiger partial charge in [-0.2, -0.15) is 0 Å². The first-order valence-corrected chi connectivity index (χ1v) is 4.85. The highest BCUT2D eigenvalue weighted by atomic mass is 16.6. The van der Waals surface area contributed by atoms with Crippen LogP contribution in [0.4, 0.5) is 0 Å². The molecule has 4 heteroatoms. The average Bonchev–Trinajstić information content (AvgIpc) is 2.16. The van der Waals surface area contributed by atoms with Crippen LogP contribution in [-0.2, 0) is 4.74 Å². The highest BCUT2D eigenvalue weighted by molar-refractivity contribution is 4.80. The summed E-state index contributed by atoms with van der Waals surface area (Å²) in [6, 6.07) is -0.483. The van der Waals surface area contributed by atoms with E-state index in [9.17, 15) is 10.1 Å². The molecular weight excluding hydrogens is 170 g/mol. The minimum Gasteiger partial charge on any atom is -0.374 e. The third-order valence-electron chi connectivity index (χ3n) is 3.01. The van der Waals surface area contributed by atoms with E-state index in [1.165, 1.54) is 0 Å². The molecule has 0 aromatic carbocycles. The molecule has 1 aliphatic rings. The van der Waals surface area contributed by atoms with Crippen LogP contribution in [0.25, 0.3) is 0 Å². The number of rotatable bonds is 3. The van der Waals surface area contributed by atoms with Crippen LogP contribution in [0, 0.1) is 16.0 Å². The minimum atomic E-state index is -0.483. The number of methoxy groups -OCH3 is 1. The third kappa shape index (κ3) is 2.40. The van der Waals surface area contributed by atoms with Crippen LogP contribution >= 0.6 is 0 Å². The predicted octanol–water partition coefficient (Wildman–Crippen LogP) is 1.86. The smallest absolute Gasteiger partial charge is 0.239 e. The molecule has 0 aliphatic heterocycles. The van der Waals surface area contributed by atoms with Crippen LogP contribution in [0.1, 0.15) is 32.6 Å². The van der Waals surface area contributed by atoms with Gasteiger partial charge in [-0.05, 0) is 18.8 Å². The summed E-state index contributed by atoms with van der Waals surface area (Å²) in [5.41, 5.74) is 0. The number of nitro groups is 1. The van der Waals surface area contributed by atoms with Gasteiger partial charge in [0, 0.05) is 18.5 Å². The first-order valence-electron chi connectivity index (χ1n) is 4.85. The van der Waals surface area contributed by atoms with Gasteiger partial charge >= 0.3 is 0 Å². The standard InChI is InChI=1S/C9H17NO3/c1-3-7-4-5-9(13-2)8(6-7)10(11)12/h7-9H,3-6H2,1-2H3. The molecule has 0 radical (unpaired) electrons. The van der Waals surface area contributed by atoms with Crippen molar-refractivity contribution < 1.29 is 9.66 Å². The maximum atomic E-state index is 10.7. The summed E-state index contributed by atoms with van der Waals surface area (Å²) in [6.45, 7) is 2.09. The molecule has 3 unspecified atom stereocenters. The van der Waals surface area contributed by atoms with Crippen molar-refractivity contribution in [3.05, 3.63) is 10.1 Å². The van der Waals surface area contributed by atoms with Gasteiger partial charge in [0.1, 0.15) is 6.10 Å². The molecular formula is C9H17NO3. The Morgan fingerprint density at radius 2 is 2.23 bits per heavy atom. The predicted molar refractivity (Wildman–Crippen MR) is 49.2 cm³/mol. The van der Waals surface area contributed by atoms with Crippen molar-refractivity contribution in [2.45, 2.75) is 44.8 Å². The molecule has 3 atom stereocenters. The van der Waals surface area contributed by atoms with Crippen LogP contribution in [0.2, 0.25) is 0 Å². The second-order valence-electron chi connectivity index (χ2n) is 3.71. The zero-order chi connectivity index (χ0) is 9.84. The Hall–Kier alpha value is -0.640. The summed E-state index contributed by atoms with van der Waals surface area (Å²) >= 11 is 0. The quantitative estimate of drug-likeness (QED) is 0.500. The largest absolute Gasteiger partial charge is 0.374 e. The van der Waals surface area contributed by atoms with Crippen molar-refractivity contribution in [2.24, 2.45) is 5.92 Å². The van der Waals surface area contributed by atoms with E-state index in [-0.39, 0.29) is 11.0 Å². The van der Waals surface area contributed by atoms with Crippen molar-refractivity contribution in [3.63, 3.8) is 0 Å². The molecule has 1 saturated carbocycles. The molecule has 4 nitrogen and oxygen atoms in total. The zero-order valence-electron chi connectivity index (χ0n) is 8.23. The van der Waals surface area contributed by atoms with Crippen LogP contribution in [0.15, 0.2) is 0 Å². The monoisotopic (exact) mass is 187 g/mol. The van der Waals surface area contributed by atoms with Gasteiger partial charge in [0.2, 0.25) is 6.04 Å². The zero-order valence-corrected chi connectivity index (χ0v) is 8.23. The fourth-order valence-electron chi connectivity index (χ4n) is 2.07. The van der Waals surface area contributed by atoms with E-state index < -0.39 is 6.04 Å². The molecule has 0 spiro atoms. The number of hydrogen-bond donors (Lipinski definition) is 0. The van der Waals surface area contributed by atoms with E-state index in [1.807, 2.05) is 0 Å². The van der Waals surface area contributed by atoms with Gasteiger partial charge in [0.15, 0.2) is 0 Å². The van der Waals surface area contributed by atoms with Gasteiger partial charge in [-0.1, -0.05) is 13.3 Å². The van der Waals surface area contributed by atoms with Gasteiger partial charge in [-0.3, -0.25) is 10.1 Å². The molecule has 13 heavy (non-hydrogen) atoms. The lowest BCUT2D eigenvalue weighted by Crippen LogP contribution is -2.40. The SMILES string of the molecule is CCC1CCC(OC)C([N+](=O)[O-])C1. The van der Waals surface area contributed by atoms with Crippen LogP contribution in [0.5, 0.6) is 0 Å². The van der Waals surface area contributed by atoms with Gasteiger partial charge < -0.3 is 4.74 Å². The Morgan fingerprint density at radius 1 is 1.54 bits per heavy atom. The normalized spacial score (nSPS) is 34.5. The van der Waals surface area contributed by atoms with Crippen molar-refractivity contribution in [1.29, 1.82) is 0 Å². The minimum absolute atomic E-state index is 0.169. The number of hydrogen-bond acceptors (Lipinski definition) is 3. The van der Waals surface area contributed by atoms with Crippen molar-refractivity contribution in [1.82, 2.24) is 0 Å². The molecule has 1 fully saturated rings.